The summed E-state index contributed by atoms with van der Waals surface area (Å²) >= 11 is 0. The minimum atomic E-state index is -1.31. The Balaban J connectivity index is 3.34. The lowest BCUT2D eigenvalue weighted by Gasteiger charge is -2.25. The third-order valence-electron chi connectivity index (χ3n) is 6.36. The summed E-state index contributed by atoms with van der Waals surface area (Å²) in [6.45, 7) is 11.3. The van der Waals surface area contributed by atoms with E-state index in [-0.39, 0.29) is 55.0 Å². The summed E-state index contributed by atoms with van der Waals surface area (Å²) in [5.41, 5.74) is 6.48. The van der Waals surface area contributed by atoms with Crippen molar-refractivity contribution in [3.8, 4) is 11.5 Å². The molecule has 0 bridgehead atoms. The average molecular weight is 522 g/mol. The van der Waals surface area contributed by atoms with Gasteiger partial charge in [-0.25, -0.2) is 0 Å². The lowest BCUT2D eigenvalue weighted by atomic mass is 9.87. The van der Waals surface area contributed by atoms with Crippen molar-refractivity contribution in [2.45, 2.75) is 105 Å². The Hall–Kier alpha value is -2.94. The molecule has 0 spiro atoms. The first-order valence-corrected chi connectivity index (χ1v) is 13.1. The van der Waals surface area contributed by atoms with Crippen molar-refractivity contribution in [3.63, 3.8) is 0 Å². The minimum Gasteiger partial charge on any atom is -0.480 e. The molecule has 3 N–H and O–H groups in total. The number of carbonyl (C=O) groups excluding carboxylic acids is 3. The summed E-state index contributed by atoms with van der Waals surface area (Å²) < 4.78 is 16.5. The Kier molecular flexibility index (Phi) is 13.9. The van der Waals surface area contributed by atoms with Gasteiger partial charge in [0.1, 0.15) is 6.04 Å². The highest BCUT2D eigenvalue weighted by molar-refractivity contribution is 5.77. The van der Waals surface area contributed by atoms with Crippen molar-refractivity contribution >= 4 is 23.9 Å². The van der Waals surface area contributed by atoms with Crippen LogP contribution in [0, 0.1) is 11.8 Å². The van der Waals surface area contributed by atoms with Crippen molar-refractivity contribution in [2.24, 2.45) is 17.6 Å². The van der Waals surface area contributed by atoms with Crippen molar-refractivity contribution in [2.75, 3.05) is 0 Å². The van der Waals surface area contributed by atoms with Gasteiger partial charge in [-0.15, -0.1) is 0 Å². The maximum absolute atomic E-state index is 12.6. The van der Waals surface area contributed by atoms with E-state index in [0.717, 1.165) is 12.8 Å². The molecule has 0 amide bonds. The van der Waals surface area contributed by atoms with Gasteiger partial charge < -0.3 is 25.1 Å². The molecule has 0 saturated carbocycles. The monoisotopic (exact) mass is 521 g/mol. The van der Waals surface area contributed by atoms with Crippen LogP contribution in [0.4, 0.5) is 0 Å². The Bertz CT molecular complexity index is 915. The Morgan fingerprint density at radius 1 is 0.865 bits per heavy atom. The Morgan fingerprint density at radius 2 is 1.41 bits per heavy atom. The van der Waals surface area contributed by atoms with Crippen molar-refractivity contribution in [1.29, 1.82) is 0 Å². The molecule has 9 nitrogen and oxygen atoms in total. The molecule has 5 atom stereocenters. The van der Waals surface area contributed by atoms with Crippen LogP contribution in [0.25, 0.3) is 0 Å². The fourth-order valence-electron chi connectivity index (χ4n) is 3.66. The molecule has 4 unspecified atom stereocenters. The number of carbonyl (C=O) groups is 4. The van der Waals surface area contributed by atoms with Crippen LogP contribution in [0.2, 0.25) is 0 Å². The highest BCUT2D eigenvalue weighted by Crippen LogP contribution is 2.35. The highest BCUT2D eigenvalue weighted by Gasteiger charge is 2.30. The molecular weight excluding hydrogens is 478 g/mol. The number of carboxylic acids is 1. The molecule has 0 aliphatic heterocycles. The first kappa shape index (κ1) is 32.1. The molecule has 1 aromatic rings. The average Bonchev–Trinajstić information content (AvgIpc) is 2.82. The fraction of sp³-hybridized carbons (Fsp3) is 0.643. The number of benzene rings is 1. The number of hydrogen-bond donors (Lipinski definition) is 2. The molecule has 0 fully saturated rings. The summed E-state index contributed by atoms with van der Waals surface area (Å²) in [6, 6.07) is 3.24. The van der Waals surface area contributed by atoms with E-state index in [1.165, 1.54) is 12.1 Å². The van der Waals surface area contributed by atoms with Crippen molar-refractivity contribution in [3.05, 3.63) is 23.8 Å². The van der Waals surface area contributed by atoms with E-state index < -0.39 is 36.0 Å². The molecule has 1 aromatic carbocycles. The molecule has 0 aromatic heterocycles. The van der Waals surface area contributed by atoms with E-state index in [1.54, 1.807) is 13.0 Å². The summed E-state index contributed by atoms with van der Waals surface area (Å²) in [5, 5.41) is 9.63. The lowest BCUT2D eigenvalue weighted by Crippen LogP contribution is -2.38. The Morgan fingerprint density at radius 3 is 1.89 bits per heavy atom. The van der Waals surface area contributed by atoms with Gasteiger partial charge in [-0.05, 0) is 49.3 Å². The third-order valence-corrected chi connectivity index (χ3v) is 6.36. The summed E-state index contributed by atoms with van der Waals surface area (Å²) in [5.74, 6) is -3.02. The lowest BCUT2D eigenvalue weighted by molar-refractivity contribution is -0.149. The number of nitrogens with two attached hydrogens (primary N) is 1. The van der Waals surface area contributed by atoms with E-state index in [1.807, 2.05) is 34.6 Å². The first-order chi connectivity index (χ1) is 17.4. The molecule has 0 radical (unpaired) electrons. The van der Waals surface area contributed by atoms with E-state index in [2.05, 4.69) is 0 Å². The topological polar surface area (TPSA) is 142 Å². The molecule has 9 heteroatoms. The SMILES string of the molecule is CCCC(=O)OC(C)CC(c1ccc(OC(=O)CC(C)CC)c(OC(=O)CC(C)CC)c1)[C@H](N)C(=O)O. The van der Waals surface area contributed by atoms with Gasteiger partial charge in [-0.2, -0.15) is 0 Å². The zero-order valence-electron chi connectivity index (χ0n) is 23.0. The van der Waals surface area contributed by atoms with Gasteiger partial charge in [0.15, 0.2) is 11.5 Å². The number of carboxylic acid groups (broad SMARTS) is 1. The molecule has 0 aliphatic rings. The van der Waals surface area contributed by atoms with Crippen LogP contribution in [0.5, 0.6) is 11.5 Å². The first-order valence-electron chi connectivity index (χ1n) is 13.1. The molecule has 208 valence electrons. The van der Waals surface area contributed by atoms with E-state index in [0.29, 0.717) is 12.0 Å². The molecule has 1 rings (SSSR count). The van der Waals surface area contributed by atoms with Gasteiger partial charge in [-0.3, -0.25) is 19.2 Å². The quantitative estimate of drug-likeness (QED) is 0.227. The van der Waals surface area contributed by atoms with Crippen LogP contribution < -0.4 is 15.2 Å². The van der Waals surface area contributed by atoms with E-state index in [4.69, 9.17) is 19.9 Å². The van der Waals surface area contributed by atoms with Crippen LogP contribution >= 0.6 is 0 Å². The molecule has 0 heterocycles. The number of ether oxygens (including phenoxy) is 3. The van der Waals surface area contributed by atoms with Crippen LogP contribution in [-0.2, 0) is 23.9 Å². The van der Waals surface area contributed by atoms with Gasteiger partial charge >= 0.3 is 23.9 Å². The largest absolute Gasteiger partial charge is 0.480 e. The molecular formula is C28H43NO8. The number of esters is 3. The smallest absolute Gasteiger partial charge is 0.321 e. The van der Waals surface area contributed by atoms with E-state index >= 15 is 0 Å². The van der Waals surface area contributed by atoms with Gasteiger partial charge in [0, 0.05) is 25.2 Å². The minimum absolute atomic E-state index is 0.0153. The maximum Gasteiger partial charge on any atom is 0.321 e. The maximum atomic E-state index is 12.6. The van der Waals surface area contributed by atoms with Gasteiger partial charge in [0.05, 0.1) is 6.10 Å². The summed E-state index contributed by atoms with van der Waals surface area (Å²) in [4.78, 5) is 48.8. The zero-order valence-corrected chi connectivity index (χ0v) is 23.0. The Labute approximate surface area is 220 Å². The molecule has 0 aliphatic carbocycles. The molecule has 0 saturated heterocycles. The van der Waals surface area contributed by atoms with Gasteiger partial charge in [0.2, 0.25) is 0 Å². The number of aliphatic carboxylic acids is 1. The predicted molar refractivity (Wildman–Crippen MR) is 139 cm³/mol. The number of rotatable bonds is 16. The highest BCUT2D eigenvalue weighted by atomic mass is 16.6. The normalized spacial score (nSPS) is 15.1. The van der Waals surface area contributed by atoms with Crippen LogP contribution in [0.3, 0.4) is 0 Å². The molecule has 37 heavy (non-hydrogen) atoms. The second-order valence-electron chi connectivity index (χ2n) is 9.85. The van der Waals surface area contributed by atoms with Crippen LogP contribution in [-0.4, -0.2) is 41.1 Å². The standard InChI is InChI=1S/C28H43NO8/c1-7-10-24(30)35-19(6)15-21(27(29)28(33)34)20-11-12-22(36-25(31)13-17(4)8-2)23(16-20)37-26(32)14-18(5)9-3/h11-12,16-19,21,27H,7-10,13-15,29H2,1-6H3,(H,33,34)/t17?,18?,19?,21?,27-/m0/s1. The van der Waals surface area contributed by atoms with Gasteiger partial charge in [0.25, 0.3) is 0 Å². The number of hydrogen-bond acceptors (Lipinski definition) is 8. The van der Waals surface area contributed by atoms with Crippen LogP contribution in [0.15, 0.2) is 18.2 Å². The summed E-state index contributed by atoms with van der Waals surface area (Å²) in [7, 11) is 0. The zero-order chi connectivity index (χ0) is 28.1. The van der Waals surface area contributed by atoms with Crippen molar-refractivity contribution in [1.82, 2.24) is 0 Å². The fourth-order valence-corrected chi connectivity index (χ4v) is 3.66. The third kappa shape index (κ3) is 11.3. The second kappa shape index (κ2) is 16.0. The van der Waals surface area contributed by atoms with E-state index in [9.17, 15) is 24.3 Å². The van der Waals surface area contributed by atoms with Crippen molar-refractivity contribution < 1.29 is 38.5 Å². The van der Waals surface area contributed by atoms with Gasteiger partial charge in [-0.1, -0.05) is 53.5 Å². The van der Waals surface area contributed by atoms with Crippen LogP contribution in [0.1, 0.15) is 98.0 Å². The summed E-state index contributed by atoms with van der Waals surface area (Å²) in [6.07, 6.45) is 2.39. The second-order valence-corrected chi connectivity index (χ2v) is 9.85. The predicted octanol–water partition coefficient (Wildman–Crippen LogP) is 4.99.